The molecule has 4 nitrogen and oxygen atoms in total. The van der Waals surface area contributed by atoms with Gasteiger partial charge in [0.05, 0.1) is 6.04 Å². The maximum absolute atomic E-state index is 12.9. The number of aromatic nitrogens is 2. The van der Waals surface area contributed by atoms with Gasteiger partial charge < -0.3 is 4.90 Å². The van der Waals surface area contributed by atoms with Crippen LogP contribution >= 0.6 is 15.9 Å². The molecule has 0 saturated heterocycles. The zero-order valence-corrected chi connectivity index (χ0v) is 14.2. The van der Waals surface area contributed by atoms with Gasteiger partial charge in [0, 0.05) is 12.6 Å². The molecule has 2 aromatic rings. The smallest absolute Gasteiger partial charge is 0.274 e. The van der Waals surface area contributed by atoms with E-state index >= 15 is 0 Å². The van der Waals surface area contributed by atoms with Crippen molar-refractivity contribution in [3.05, 3.63) is 52.3 Å². The van der Waals surface area contributed by atoms with Crippen molar-refractivity contribution in [2.24, 2.45) is 5.92 Å². The van der Waals surface area contributed by atoms with Crippen LogP contribution in [0, 0.1) is 5.92 Å². The normalized spacial score (nSPS) is 16.1. The molecule has 5 heteroatoms. The first-order chi connectivity index (χ1) is 10.6. The van der Waals surface area contributed by atoms with E-state index in [-0.39, 0.29) is 11.9 Å². The van der Waals surface area contributed by atoms with Gasteiger partial charge in [0.2, 0.25) is 0 Å². The Bertz CT molecular complexity index is 636. The summed E-state index contributed by atoms with van der Waals surface area (Å²) in [6.07, 6.45) is 3.71. The quantitative estimate of drug-likeness (QED) is 0.868. The molecular formula is C17H20BrN3O. The minimum atomic E-state index is -0.00907. The molecule has 0 aliphatic heterocycles. The maximum Gasteiger partial charge on any atom is 0.274 e. The third-order valence-corrected chi connectivity index (χ3v) is 4.86. The highest BCUT2D eigenvalue weighted by Gasteiger charge is 2.29. The average molecular weight is 362 g/mol. The molecule has 3 rings (SSSR count). The molecular weight excluding hydrogens is 342 g/mol. The summed E-state index contributed by atoms with van der Waals surface area (Å²) in [4.78, 5) is 14.8. The van der Waals surface area contributed by atoms with E-state index in [0.29, 0.717) is 11.6 Å². The van der Waals surface area contributed by atoms with E-state index in [2.05, 4.69) is 45.2 Å². The molecule has 1 unspecified atom stereocenters. The summed E-state index contributed by atoms with van der Waals surface area (Å²) in [5, 5.41) is 6.88. The average Bonchev–Trinajstić information content (AvgIpc) is 2.93. The number of halogens is 1. The van der Waals surface area contributed by atoms with Crippen LogP contribution in [-0.4, -0.2) is 27.5 Å². The number of carbonyl (C=O) groups excluding carboxylic acids is 1. The van der Waals surface area contributed by atoms with Crippen molar-refractivity contribution in [2.45, 2.75) is 32.2 Å². The highest BCUT2D eigenvalue weighted by Crippen LogP contribution is 2.31. The number of hydrogen-bond acceptors (Lipinski definition) is 2. The molecule has 1 aliphatic carbocycles. The molecule has 22 heavy (non-hydrogen) atoms. The first-order valence-corrected chi connectivity index (χ1v) is 8.51. The Balaban J connectivity index is 1.84. The Kier molecular flexibility index (Phi) is 4.62. The predicted octanol–water partition coefficient (Wildman–Crippen LogP) is 4.18. The lowest BCUT2D eigenvalue weighted by Crippen LogP contribution is -2.39. The van der Waals surface area contributed by atoms with E-state index in [1.54, 1.807) is 6.07 Å². The number of hydrogen-bond donors (Lipinski definition) is 1. The summed E-state index contributed by atoms with van der Waals surface area (Å²) in [7, 11) is 0. The summed E-state index contributed by atoms with van der Waals surface area (Å²) < 4.78 is 0.729. The van der Waals surface area contributed by atoms with Gasteiger partial charge in [-0.05, 0) is 47.2 Å². The molecule has 0 radical (unpaired) electrons. The van der Waals surface area contributed by atoms with Gasteiger partial charge >= 0.3 is 0 Å². The molecule has 1 saturated carbocycles. The van der Waals surface area contributed by atoms with Crippen molar-refractivity contribution in [3.8, 4) is 0 Å². The van der Waals surface area contributed by atoms with Crippen molar-refractivity contribution in [2.75, 3.05) is 6.54 Å². The highest BCUT2D eigenvalue weighted by molar-refractivity contribution is 9.10. The van der Waals surface area contributed by atoms with Crippen LogP contribution in [0.15, 0.2) is 41.0 Å². The Hall–Kier alpha value is -1.62. The van der Waals surface area contributed by atoms with E-state index in [0.717, 1.165) is 16.7 Å². The van der Waals surface area contributed by atoms with E-state index in [4.69, 9.17) is 0 Å². The minimum absolute atomic E-state index is 0.00907. The van der Waals surface area contributed by atoms with Crippen LogP contribution in [0.25, 0.3) is 0 Å². The fraction of sp³-hybridized carbons (Fsp3) is 0.412. The molecule has 1 aromatic heterocycles. The van der Waals surface area contributed by atoms with E-state index in [9.17, 15) is 4.79 Å². The largest absolute Gasteiger partial charge is 0.330 e. The van der Waals surface area contributed by atoms with Crippen LogP contribution < -0.4 is 0 Å². The number of nitrogens with zero attached hydrogens (tertiary/aromatic N) is 2. The Morgan fingerprint density at radius 1 is 1.41 bits per heavy atom. The molecule has 1 fully saturated rings. The number of aromatic amines is 1. The first kappa shape index (κ1) is 15.3. The maximum atomic E-state index is 12.9. The lowest BCUT2D eigenvalue weighted by Gasteiger charge is -2.36. The number of carbonyl (C=O) groups is 1. The van der Waals surface area contributed by atoms with Gasteiger partial charge in [0.15, 0.2) is 5.69 Å². The summed E-state index contributed by atoms with van der Waals surface area (Å²) in [6.45, 7) is 2.90. The molecule has 1 aliphatic rings. The van der Waals surface area contributed by atoms with Gasteiger partial charge in [-0.15, -0.1) is 0 Å². The number of benzene rings is 1. The molecule has 1 atom stereocenters. The van der Waals surface area contributed by atoms with Crippen molar-refractivity contribution in [3.63, 3.8) is 0 Å². The summed E-state index contributed by atoms with van der Waals surface area (Å²) in [6, 6.07) is 12.0. The zero-order chi connectivity index (χ0) is 15.5. The van der Waals surface area contributed by atoms with Crippen molar-refractivity contribution >= 4 is 21.8 Å². The van der Waals surface area contributed by atoms with Crippen LogP contribution in [0.4, 0.5) is 0 Å². The molecule has 1 aromatic carbocycles. The van der Waals surface area contributed by atoms with Crippen LogP contribution in [0.3, 0.4) is 0 Å². The second kappa shape index (κ2) is 6.65. The summed E-state index contributed by atoms with van der Waals surface area (Å²) >= 11 is 3.32. The number of rotatable bonds is 5. The standard InChI is InChI=1S/C17H20BrN3O/c1-12(14-8-3-2-4-9-14)21(11-13-6-5-7-13)17(22)15-10-16(18)20-19-15/h2-4,8-10,12-13H,5-7,11H2,1H3,(H,19,20). The molecule has 1 N–H and O–H groups in total. The van der Waals surface area contributed by atoms with Gasteiger partial charge in [-0.25, -0.2) is 0 Å². The van der Waals surface area contributed by atoms with Crippen molar-refractivity contribution < 1.29 is 4.79 Å². The molecule has 0 bridgehead atoms. The number of nitrogens with one attached hydrogen (secondary N) is 1. The first-order valence-electron chi connectivity index (χ1n) is 7.72. The Labute approximate surface area is 139 Å². The monoisotopic (exact) mass is 361 g/mol. The van der Waals surface area contributed by atoms with Crippen LogP contribution in [0.5, 0.6) is 0 Å². The number of amides is 1. The molecule has 0 spiro atoms. The predicted molar refractivity (Wildman–Crippen MR) is 89.5 cm³/mol. The van der Waals surface area contributed by atoms with Crippen LogP contribution in [0.2, 0.25) is 0 Å². The van der Waals surface area contributed by atoms with Crippen LogP contribution in [0.1, 0.15) is 48.3 Å². The lowest BCUT2D eigenvalue weighted by atomic mass is 9.84. The number of H-pyrrole nitrogens is 1. The van der Waals surface area contributed by atoms with E-state index in [1.165, 1.54) is 19.3 Å². The lowest BCUT2D eigenvalue weighted by molar-refractivity contribution is 0.0607. The summed E-state index contributed by atoms with van der Waals surface area (Å²) in [5.74, 6) is 0.614. The second-order valence-corrected chi connectivity index (χ2v) is 6.80. The van der Waals surface area contributed by atoms with Gasteiger partial charge in [0.25, 0.3) is 5.91 Å². The van der Waals surface area contributed by atoms with Crippen molar-refractivity contribution in [1.29, 1.82) is 0 Å². The second-order valence-electron chi connectivity index (χ2n) is 5.94. The van der Waals surface area contributed by atoms with Gasteiger partial charge in [-0.1, -0.05) is 36.8 Å². The molecule has 1 heterocycles. The Morgan fingerprint density at radius 3 is 2.68 bits per heavy atom. The SMILES string of the molecule is CC(c1ccccc1)N(CC1CCC1)C(=O)c1cc(Br)[nH]n1. The molecule has 116 valence electrons. The van der Waals surface area contributed by atoms with Gasteiger partial charge in [-0.3, -0.25) is 9.89 Å². The van der Waals surface area contributed by atoms with E-state index < -0.39 is 0 Å². The van der Waals surface area contributed by atoms with E-state index in [1.807, 2.05) is 23.1 Å². The topological polar surface area (TPSA) is 49.0 Å². The van der Waals surface area contributed by atoms with Crippen molar-refractivity contribution in [1.82, 2.24) is 15.1 Å². The minimum Gasteiger partial charge on any atom is -0.330 e. The highest BCUT2D eigenvalue weighted by atomic mass is 79.9. The third kappa shape index (κ3) is 3.24. The van der Waals surface area contributed by atoms with Crippen LogP contribution in [-0.2, 0) is 0 Å². The fourth-order valence-corrected chi connectivity index (χ4v) is 3.14. The Morgan fingerprint density at radius 2 is 2.14 bits per heavy atom. The fourth-order valence-electron chi connectivity index (χ4n) is 2.84. The zero-order valence-electron chi connectivity index (χ0n) is 12.6. The summed E-state index contributed by atoms with van der Waals surface area (Å²) in [5.41, 5.74) is 1.62. The molecule has 1 amide bonds. The van der Waals surface area contributed by atoms with Gasteiger partial charge in [-0.2, -0.15) is 5.10 Å². The third-order valence-electron chi connectivity index (χ3n) is 4.46. The van der Waals surface area contributed by atoms with Gasteiger partial charge in [0.1, 0.15) is 4.60 Å².